The Morgan fingerprint density at radius 2 is 1.95 bits per heavy atom. The van der Waals surface area contributed by atoms with Gasteiger partial charge in [-0.15, -0.1) is 0 Å². The summed E-state index contributed by atoms with van der Waals surface area (Å²) in [5, 5.41) is 3.24. The molecule has 114 valence electrons. The number of amides is 1. The van der Waals surface area contributed by atoms with E-state index in [0.717, 1.165) is 0 Å². The number of rotatable bonds is 6. The molecular formula is C16H14ClNO4. The second-order valence-electron chi connectivity index (χ2n) is 4.34. The second kappa shape index (κ2) is 7.47. The van der Waals surface area contributed by atoms with Crippen LogP contribution in [0.2, 0.25) is 5.02 Å². The highest BCUT2D eigenvalue weighted by Gasteiger charge is 2.12. The molecule has 0 spiro atoms. The molecular weight excluding hydrogens is 306 g/mol. The molecule has 2 rings (SSSR count). The van der Waals surface area contributed by atoms with E-state index in [2.05, 4.69) is 5.32 Å². The molecule has 1 N–H and O–H groups in total. The van der Waals surface area contributed by atoms with Crippen molar-refractivity contribution in [1.82, 2.24) is 0 Å². The van der Waals surface area contributed by atoms with Gasteiger partial charge in [0.15, 0.2) is 24.4 Å². The maximum atomic E-state index is 11.9. The van der Waals surface area contributed by atoms with E-state index in [-0.39, 0.29) is 18.3 Å². The monoisotopic (exact) mass is 319 g/mol. The van der Waals surface area contributed by atoms with E-state index in [4.69, 9.17) is 21.1 Å². The van der Waals surface area contributed by atoms with Crippen molar-refractivity contribution in [2.45, 2.75) is 0 Å². The number of methoxy groups -OCH3 is 1. The molecule has 0 saturated heterocycles. The Bertz CT molecular complexity index is 670. The third kappa shape index (κ3) is 3.99. The van der Waals surface area contributed by atoms with Crippen molar-refractivity contribution in [1.29, 1.82) is 0 Å². The number of anilines is 1. The average molecular weight is 320 g/mol. The van der Waals surface area contributed by atoms with E-state index in [1.807, 2.05) is 0 Å². The number of ether oxygens (including phenoxy) is 2. The Balaban J connectivity index is 2.02. The third-order valence-electron chi connectivity index (χ3n) is 2.83. The van der Waals surface area contributed by atoms with Crippen LogP contribution in [-0.4, -0.2) is 25.9 Å². The Hall–Kier alpha value is -2.53. The highest BCUT2D eigenvalue weighted by Crippen LogP contribution is 2.29. The molecule has 0 heterocycles. The van der Waals surface area contributed by atoms with Crippen LogP contribution in [0, 0.1) is 0 Å². The molecule has 5 nitrogen and oxygen atoms in total. The summed E-state index contributed by atoms with van der Waals surface area (Å²) >= 11 is 5.77. The summed E-state index contributed by atoms with van der Waals surface area (Å²) in [7, 11) is 1.46. The zero-order valence-corrected chi connectivity index (χ0v) is 12.6. The van der Waals surface area contributed by atoms with Crippen LogP contribution in [0.15, 0.2) is 42.5 Å². The Morgan fingerprint density at radius 1 is 1.23 bits per heavy atom. The maximum absolute atomic E-state index is 11.9. The third-order valence-corrected chi connectivity index (χ3v) is 3.08. The lowest BCUT2D eigenvalue weighted by molar-refractivity contribution is -0.118. The second-order valence-corrected chi connectivity index (χ2v) is 4.78. The standard InChI is InChI=1S/C16H14ClNO4/c1-21-14-4-2-3-11(9-19)16(14)22-10-15(20)18-13-7-5-12(17)6-8-13/h2-9H,10H2,1H3,(H,18,20). The predicted octanol–water partition coefficient (Wildman–Crippen LogP) is 3.18. The molecule has 0 aliphatic carbocycles. The maximum Gasteiger partial charge on any atom is 0.262 e. The summed E-state index contributed by atoms with van der Waals surface area (Å²) in [6.07, 6.45) is 0.648. The number of halogens is 1. The number of aldehydes is 1. The molecule has 0 atom stereocenters. The first-order valence-electron chi connectivity index (χ1n) is 6.44. The van der Waals surface area contributed by atoms with Gasteiger partial charge in [-0.05, 0) is 36.4 Å². The van der Waals surface area contributed by atoms with Crippen molar-refractivity contribution in [3.63, 3.8) is 0 Å². The van der Waals surface area contributed by atoms with Crippen LogP contribution in [0.5, 0.6) is 11.5 Å². The van der Waals surface area contributed by atoms with E-state index < -0.39 is 0 Å². The highest BCUT2D eigenvalue weighted by atomic mass is 35.5. The van der Waals surface area contributed by atoms with Crippen LogP contribution in [0.4, 0.5) is 5.69 Å². The summed E-state index contributed by atoms with van der Waals surface area (Å²) < 4.78 is 10.5. The largest absolute Gasteiger partial charge is 0.493 e. The van der Waals surface area contributed by atoms with Crippen molar-refractivity contribution in [2.24, 2.45) is 0 Å². The highest BCUT2D eigenvalue weighted by molar-refractivity contribution is 6.30. The van der Waals surface area contributed by atoms with E-state index in [9.17, 15) is 9.59 Å². The predicted molar refractivity (Wildman–Crippen MR) is 84.0 cm³/mol. The van der Waals surface area contributed by atoms with Crippen molar-refractivity contribution in [3.8, 4) is 11.5 Å². The molecule has 22 heavy (non-hydrogen) atoms. The lowest BCUT2D eigenvalue weighted by atomic mass is 10.2. The van der Waals surface area contributed by atoms with Crippen LogP contribution >= 0.6 is 11.6 Å². The fourth-order valence-electron chi connectivity index (χ4n) is 1.81. The number of hydrogen-bond acceptors (Lipinski definition) is 4. The SMILES string of the molecule is COc1cccc(C=O)c1OCC(=O)Nc1ccc(Cl)cc1. The summed E-state index contributed by atoms with van der Waals surface area (Å²) in [6, 6.07) is 11.6. The molecule has 0 fully saturated rings. The van der Waals surface area contributed by atoms with Crippen LogP contribution < -0.4 is 14.8 Å². The first-order chi connectivity index (χ1) is 10.6. The van der Waals surface area contributed by atoms with Gasteiger partial charge in [0.05, 0.1) is 12.7 Å². The molecule has 0 unspecified atom stereocenters. The van der Waals surface area contributed by atoms with E-state index >= 15 is 0 Å². The smallest absolute Gasteiger partial charge is 0.262 e. The van der Waals surface area contributed by atoms with E-state index in [1.54, 1.807) is 42.5 Å². The van der Waals surface area contributed by atoms with E-state index in [1.165, 1.54) is 7.11 Å². The lowest BCUT2D eigenvalue weighted by Crippen LogP contribution is -2.20. The Labute approximate surface area is 132 Å². The fraction of sp³-hybridized carbons (Fsp3) is 0.125. The number of nitrogens with one attached hydrogen (secondary N) is 1. The van der Waals surface area contributed by atoms with Crippen molar-refractivity contribution in [2.75, 3.05) is 19.0 Å². The Morgan fingerprint density at radius 3 is 2.59 bits per heavy atom. The first-order valence-corrected chi connectivity index (χ1v) is 6.82. The molecule has 1 amide bonds. The van der Waals surface area contributed by atoms with Gasteiger partial charge >= 0.3 is 0 Å². The van der Waals surface area contributed by atoms with Gasteiger partial charge in [0.2, 0.25) is 0 Å². The average Bonchev–Trinajstić information content (AvgIpc) is 2.54. The van der Waals surface area contributed by atoms with Gasteiger partial charge in [0.1, 0.15) is 0 Å². The molecule has 0 aliphatic rings. The van der Waals surface area contributed by atoms with Gasteiger partial charge in [-0.25, -0.2) is 0 Å². The molecule has 2 aromatic rings. The molecule has 0 bridgehead atoms. The zero-order chi connectivity index (χ0) is 15.9. The first kappa shape index (κ1) is 15.9. The minimum absolute atomic E-state index is 0.242. The van der Waals surface area contributed by atoms with Crippen LogP contribution in [0.25, 0.3) is 0 Å². The van der Waals surface area contributed by atoms with Gasteiger partial charge in [-0.2, -0.15) is 0 Å². The van der Waals surface area contributed by atoms with Gasteiger partial charge in [-0.3, -0.25) is 9.59 Å². The topological polar surface area (TPSA) is 64.6 Å². The summed E-state index contributed by atoms with van der Waals surface area (Å²) in [5.74, 6) is 0.278. The molecule has 0 saturated carbocycles. The van der Waals surface area contributed by atoms with Crippen LogP contribution in [-0.2, 0) is 4.79 Å². The minimum atomic E-state index is -0.356. The quantitative estimate of drug-likeness (QED) is 0.831. The normalized spacial score (nSPS) is 9.91. The minimum Gasteiger partial charge on any atom is -0.493 e. The summed E-state index contributed by atoms with van der Waals surface area (Å²) in [4.78, 5) is 22.9. The summed E-state index contributed by atoms with van der Waals surface area (Å²) in [5.41, 5.74) is 0.923. The van der Waals surface area contributed by atoms with Gasteiger partial charge < -0.3 is 14.8 Å². The van der Waals surface area contributed by atoms with E-state index in [0.29, 0.717) is 28.3 Å². The van der Waals surface area contributed by atoms with Gasteiger partial charge in [0.25, 0.3) is 5.91 Å². The van der Waals surface area contributed by atoms with Crippen molar-refractivity contribution >= 4 is 29.5 Å². The number of hydrogen-bond donors (Lipinski definition) is 1. The number of benzene rings is 2. The van der Waals surface area contributed by atoms with Gasteiger partial charge in [0, 0.05) is 10.7 Å². The molecule has 0 aromatic heterocycles. The van der Waals surface area contributed by atoms with Crippen molar-refractivity contribution in [3.05, 3.63) is 53.1 Å². The lowest BCUT2D eigenvalue weighted by Gasteiger charge is -2.12. The number of carbonyl (C=O) groups excluding carboxylic acids is 2. The number of para-hydroxylation sites is 1. The number of carbonyl (C=O) groups is 2. The summed E-state index contributed by atoms with van der Waals surface area (Å²) in [6.45, 7) is -0.246. The molecule has 0 radical (unpaired) electrons. The van der Waals surface area contributed by atoms with Gasteiger partial charge in [-0.1, -0.05) is 17.7 Å². The van der Waals surface area contributed by atoms with Crippen LogP contribution in [0.3, 0.4) is 0 Å². The van der Waals surface area contributed by atoms with Crippen LogP contribution in [0.1, 0.15) is 10.4 Å². The molecule has 6 heteroatoms. The van der Waals surface area contributed by atoms with Crippen molar-refractivity contribution < 1.29 is 19.1 Å². The fourth-order valence-corrected chi connectivity index (χ4v) is 1.93. The molecule has 0 aliphatic heterocycles. The Kier molecular flexibility index (Phi) is 5.38. The zero-order valence-electron chi connectivity index (χ0n) is 11.8. The molecule has 2 aromatic carbocycles.